The lowest BCUT2D eigenvalue weighted by Crippen LogP contribution is -2.45. The third-order valence-corrected chi connectivity index (χ3v) is 2.90. The molecular formula is C16H13N3O4. The molecule has 0 aliphatic rings. The zero-order valence-electron chi connectivity index (χ0n) is 12.0. The summed E-state index contributed by atoms with van der Waals surface area (Å²) in [6.45, 7) is 0. The molecule has 1 heterocycles. The summed E-state index contributed by atoms with van der Waals surface area (Å²) >= 11 is 0. The minimum absolute atomic E-state index is 0.271. The molecule has 0 aliphatic carbocycles. The molecule has 2 amide bonds. The Hall–Kier alpha value is -3.35. The summed E-state index contributed by atoms with van der Waals surface area (Å²) in [6, 6.07) is 11.1. The molecule has 1 aromatic heterocycles. The van der Waals surface area contributed by atoms with Gasteiger partial charge in [0.05, 0.1) is 6.42 Å². The molecule has 2 aromatic rings. The number of ketones is 2. The highest BCUT2D eigenvalue weighted by atomic mass is 16.2. The van der Waals surface area contributed by atoms with Crippen molar-refractivity contribution in [3.8, 4) is 0 Å². The normalized spacial score (nSPS) is 9.74. The molecule has 0 saturated heterocycles. The van der Waals surface area contributed by atoms with E-state index in [1.54, 1.807) is 30.3 Å². The predicted molar refractivity (Wildman–Crippen MR) is 80.2 cm³/mol. The third-order valence-electron chi connectivity index (χ3n) is 2.90. The maximum Gasteiger partial charge on any atom is 0.306 e. The standard InChI is InChI=1S/C16H13N3O4/c20-13(11-4-2-1-3-5-11)10-14(21)16(23)19-18-15(22)12-6-8-17-9-7-12/h1-9H,10H2,(H,18,22)(H,19,23). The minimum atomic E-state index is -1.06. The molecule has 1 aromatic carbocycles. The van der Waals surface area contributed by atoms with Crippen LogP contribution in [-0.4, -0.2) is 28.4 Å². The Balaban J connectivity index is 1.85. The minimum Gasteiger partial charge on any atom is -0.294 e. The van der Waals surface area contributed by atoms with Crippen molar-refractivity contribution in [1.82, 2.24) is 15.8 Å². The van der Waals surface area contributed by atoms with Gasteiger partial charge in [0.1, 0.15) is 0 Å². The SMILES string of the molecule is O=C(CC(=O)c1ccccc1)C(=O)NNC(=O)c1ccncc1. The Labute approximate surface area is 131 Å². The highest BCUT2D eigenvalue weighted by molar-refractivity contribution is 6.40. The van der Waals surface area contributed by atoms with Crippen LogP contribution in [0.4, 0.5) is 0 Å². The van der Waals surface area contributed by atoms with Crippen LogP contribution in [-0.2, 0) is 9.59 Å². The van der Waals surface area contributed by atoms with Crippen molar-refractivity contribution < 1.29 is 19.2 Å². The van der Waals surface area contributed by atoms with E-state index in [0.717, 1.165) is 0 Å². The maximum atomic E-state index is 11.8. The van der Waals surface area contributed by atoms with Crippen LogP contribution in [0.5, 0.6) is 0 Å². The number of amides is 2. The zero-order valence-corrected chi connectivity index (χ0v) is 12.0. The average Bonchev–Trinajstić information content (AvgIpc) is 2.60. The van der Waals surface area contributed by atoms with Gasteiger partial charge in [0.15, 0.2) is 5.78 Å². The molecular weight excluding hydrogens is 298 g/mol. The Kier molecular flexibility index (Phi) is 5.30. The van der Waals surface area contributed by atoms with Crippen molar-refractivity contribution in [2.24, 2.45) is 0 Å². The molecule has 7 nitrogen and oxygen atoms in total. The first-order chi connectivity index (χ1) is 11.1. The third kappa shape index (κ3) is 4.57. The van der Waals surface area contributed by atoms with Gasteiger partial charge >= 0.3 is 5.91 Å². The molecule has 0 radical (unpaired) electrons. The molecule has 0 fully saturated rings. The van der Waals surface area contributed by atoms with Gasteiger partial charge in [-0.1, -0.05) is 30.3 Å². The smallest absolute Gasteiger partial charge is 0.294 e. The molecule has 0 aliphatic heterocycles. The van der Waals surface area contributed by atoms with Crippen molar-refractivity contribution in [3.63, 3.8) is 0 Å². The fourth-order valence-electron chi connectivity index (χ4n) is 1.71. The number of nitrogens with zero attached hydrogens (tertiary/aromatic N) is 1. The quantitative estimate of drug-likeness (QED) is 0.366. The second kappa shape index (κ2) is 7.60. The summed E-state index contributed by atoms with van der Waals surface area (Å²) in [7, 11) is 0. The van der Waals surface area contributed by atoms with Crippen molar-refractivity contribution in [2.45, 2.75) is 6.42 Å². The van der Waals surface area contributed by atoms with Crippen LogP contribution in [0.2, 0.25) is 0 Å². The van der Waals surface area contributed by atoms with Crippen LogP contribution in [0, 0.1) is 0 Å². The molecule has 0 unspecified atom stereocenters. The molecule has 0 atom stereocenters. The van der Waals surface area contributed by atoms with E-state index in [1.807, 2.05) is 5.43 Å². The van der Waals surface area contributed by atoms with Gasteiger partial charge < -0.3 is 0 Å². The van der Waals surface area contributed by atoms with Crippen LogP contribution in [0.15, 0.2) is 54.9 Å². The van der Waals surface area contributed by atoms with Gasteiger partial charge in [-0.2, -0.15) is 0 Å². The van der Waals surface area contributed by atoms with Gasteiger partial charge in [0.25, 0.3) is 5.91 Å². The molecule has 2 N–H and O–H groups in total. The van der Waals surface area contributed by atoms with Crippen LogP contribution in [0.1, 0.15) is 27.1 Å². The second-order valence-corrected chi connectivity index (χ2v) is 4.53. The molecule has 0 bridgehead atoms. The van der Waals surface area contributed by atoms with Gasteiger partial charge in [-0.05, 0) is 12.1 Å². The highest BCUT2D eigenvalue weighted by Crippen LogP contribution is 2.03. The highest BCUT2D eigenvalue weighted by Gasteiger charge is 2.19. The number of nitrogens with one attached hydrogen (secondary N) is 2. The Morgan fingerprint density at radius 2 is 1.48 bits per heavy atom. The largest absolute Gasteiger partial charge is 0.306 e. The molecule has 7 heteroatoms. The number of carbonyl (C=O) groups is 4. The summed E-state index contributed by atoms with van der Waals surface area (Å²) in [4.78, 5) is 50.5. The molecule has 2 rings (SSSR count). The fraction of sp³-hybridized carbons (Fsp3) is 0.0625. The van der Waals surface area contributed by atoms with E-state index in [4.69, 9.17) is 0 Å². The van der Waals surface area contributed by atoms with E-state index in [0.29, 0.717) is 5.56 Å². The number of hydrogen-bond donors (Lipinski definition) is 2. The van der Waals surface area contributed by atoms with Crippen molar-refractivity contribution in [1.29, 1.82) is 0 Å². The van der Waals surface area contributed by atoms with Crippen molar-refractivity contribution >= 4 is 23.4 Å². The average molecular weight is 311 g/mol. The first kappa shape index (κ1) is 16.0. The van der Waals surface area contributed by atoms with Gasteiger partial charge in [-0.25, -0.2) is 0 Å². The number of Topliss-reactive ketones (excluding diaryl/α,β-unsaturated/α-hetero) is 2. The van der Waals surface area contributed by atoms with E-state index in [2.05, 4.69) is 10.4 Å². The van der Waals surface area contributed by atoms with E-state index < -0.39 is 29.8 Å². The second-order valence-electron chi connectivity index (χ2n) is 4.53. The Bertz CT molecular complexity index is 730. The predicted octanol–water partition coefficient (Wildman–Crippen LogP) is 0.685. The lowest BCUT2D eigenvalue weighted by atomic mass is 10.1. The number of carbonyl (C=O) groups excluding carboxylic acids is 4. The molecule has 116 valence electrons. The van der Waals surface area contributed by atoms with Gasteiger partial charge in [0, 0.05) is 23.5 Å². The summed E-state index contributed by atoms with van der Waals surface area (Å²) in [5, 5.41) is 0. The number of aromatic nitrogens is 1. The lowest BCUT2D eigenvalue weighted by molar-refractivity contribution is -0.137. The summed E-state index contributed by atoms with van der Waals surface area (Å²) in [6.07, 6.45) is 2.27. The van der Waals surface area contributed by atoms with E-state index in [9.17, 15) is 19.2 Å². The number of benzene rings is 1. The summed E-state index contributed by atoms with van der Waals surface area (Å²) in [5.74, 6) is -3.06. The first-order valence-electron chi connectivity index (χ1n) is 6.69. The Morgan fingerprint density at radius 1 is 0.826 bits per heavy atom. The number of hydrazine groups is 1. The van der Waals surface area contributed by atoms with E-state index in [1.165, 1.54) is 24.5 Å². The van der Waals surface area contributed by atoms with Crippen LogP contribution >= 0.6 is 0 Å². The summed E-state index contributed by atoms with van der Waals surface area (Å²) in [5.41, 5.74) is 4.68. The topological polar surface area (TPSA) is 105 Å². The van der Waals surface area contributed by atoms with Crippen LogP contribution < -0.4 is 10.9 Å². The number of pyridine rings is 1. The van der Waals surface area contributed by atoms with Crippen LogP contribution in [0.25, 0.3) is 0 Å². The fourth-order valence-corrected chi connectivity index (χ4v) is 1.71. The van der Waals surface area contributed by atoms with Gasteiger partial charge in [-0.3, -0.25) is 35.0 Å². The zero-order chi connectivity index (χ0) is 16.7. The lowest BCUT2D eigenvalue weighted by Gasteiger charge is -2.06. The monoisotopic (exact) mass is 311 g/mol. The van der Waals surface area contributed by atoms with E-state index >= 15 is 0 Å². The van der Waals surface area contributed by atoms with Crippen molar-refractivity contribution in [3.05, 3.63) is 66.0 Å². The first-order valence-corrected chi connectivity index (χ1v) is 6.69. The molecule has 0 spiro atoms. The molecule has 23 heavy (non-hydrogen) atoms. The van der Waals surface area contributed by atoms with Crippen molar-refractivity contribution in [2.75, 3.05) is 0 Å². The van der Waals surface area contributed by atoms with Gasteiger partial charge in [0.2, 0.25) is 5.78 Å². The molecule has 0 saturated carbocycles. The summed E-state index contributed by atoms with van der Waals surface area (Å²) < 4.78 is 0. The Morgan fingerprint density at radius 3 is 2.13 bits per heavy atom. The number of rotatable bonds is 5. The van der Waals surface area contributed by atoms with Crippen LogP contribution in [0.3, 0.4) is 0 Å². The maximum absolute atomic E-state index is 11.8. The van der Waals surface area contributed by atoms with Gasteiger partial charge in [-0.15, -0.1) is 0 Å². The van der Waals surface area contributed by atoms with E-state index in [-0.39, 0.29) is 5.56 Å². The number of hydrogen-bond acceptors (Lipinski definition) is 5.